The Morgan fingerprint density at radius 1 is 1.10 bits per heavy atom. The third-order valence-corrected chi connectivity index (χ3v) is 6.34. The molecule has 29 heavy (non-hydrogen) atoms. The van der Waals surface area contributed by atoms with Crippen molar-refractivity contribution in [2.75, 3.05) is 25.0 Å². The van der Waals surface area contributed by atoms with Gasteiger partial charge >= 0.3 is 0 Å². The van der Waals surface area contributed by atoms with Crippen molar-refractivity contribution in [3.05, 3.63) is 54.1 Å². The Kier molecular flexibility index (Phi) is 6.07. The van der Waals surface area contributed by atoms with Gasteiger partial charge in [-0.15, -0.1) is 0 Å². The summed E-state index contributed by atoms with van der Waals surface area (Å²) < 4.78 is 32.2. The van der Waals surface area contributed by atoms with Crippen LogP contribution < -0.4 is 19.7 Å². The molecule has 0 aromatic heterocycles. The van der Waals surface area contributed by atoms with E-state index in [9.17, 15) is 18.0 Å². The van der Waals surface area contributed by atoms with Gasteiger partial charge in [-0.3, -0.25) is 13.9 Å². The summed E-state index contributed by atoms with van der Waals surface area (Å²) in [5.41, 5.74) is 0.668. The molecule has 1 aliphatic carbocycles. The number of nitrogens with one attached hydrogen (secondary N) is 2. The van der Waals surface area contributed by atoms with Crippen molar-refractivity contribution in [2.45, 2.75) is 23.8 Å². The normalized spacial score (nSPS) is 13.4. The molecule has 1 fully saturated rings. The molecule has 0 aliphatic heterocycles. The number of benzene rings is 2. The lowest BCUT2D eigenvalue weighted by Crippen LogP contribution is -2.37. The molecule has 3 rings (SSSR count). The van der Waals surface area contributed by atoms with Crippen LogP contribution in [0.25, 0.3) is 0 Å². The standard InChI is InChI=1S/C20H23N3O5S/c1-23(17-5-3-4-6-18(17)28-2)29(26,27)16-11-7-14(8-12-16)20(25)21-13-19(24)22-15-9-10-15/h3-8,11-12,15H,9-10,13H2,1-2H3,(H,21,25)(H,22,24). The van der Waals surface area contributed by atoms with E-state index in [1.54, 1.807) is 24.3 Å². The summed E-state index contributed by atoms with van der Waals surface area (Å²) in [4.78, 5) is 23.9. The van der Waals surface area contributed by atoms with Gasteiger partial charge in [0.2, 0.25) is 5.91 Å². The molecule has 8 nitrogen and oxygen atoms in total. The van der Waals surface area contributed by atoms with Crippen LogP contribution in [0.15, 0.2) is 53.4 Å². The first-order valence-electron chi connectivity index (χ1n) is 9.12. The van der Waals surface area contributed by atoms with E-state index < -0.39 is 15.9 Å². The van der Waals surface area contributed by atoms with Crippen LogP contribution >= 0.6 is 0 Å². The number of nitrogens with zero attached hydrogens (tertiary/aromatic N) is 1. The van der Waals surface area contributed by atoms with Crippen LogP contribution in [0, 0.1) is 0 Å². The zero-order chi connectivity index (χ0) is 21.0. The van der Waals surface area contributed by atoms with Gasteiger partial charge < -0.3 is 15.4 Å². The molecule has 2 amide bonds. The quantitative estimate of drug-likeness (QED) is 0.678. The number of amides is 2. The minimum Gasteiger partial charge on any atom is -0.495 e. The van der Waals surface area contributed by atoms with Gasteiger partial charge in [-0.2, -0.15) is 0 Å². The van der Waals surface area contributed by atoms with Gasteiger partial charge in [0.05, 0.1) is 24.2 Å². The predicted octanol–water partition coefficient (Wildman–Crippen LogP) is 1.53. The summed E-state index contributed by atoms with van der Waals surface area (Å²) >= 11 is 0. The Bertz CT molecular complexity index is 1000. The Morgan fingerprint density at radius 3 is 2.38 bits per heavy atom. The Morgan fingerprint density at radius 2 is 1.76 bits per heavy atom. The molecule has 0 bridgehead atoms. The fraction of sp³-hybridized carbons (Fsp3) is 0.300. The maximum atomic E-state index is 12.9. The van der Waals surface area contributed by atoms with E-state index in [1.165, 1.54) is 38.4 Å². The zero-order valence-electron chi connectivity index (χ0n) is 16.2. The number of carbonyl (C=O) groups excluding carboxylic acids is 2. The van der Waals surface area contributed by atoms with E-state index in [1.807, 2.05) is 0 Å². The number of ether oxygens (including phenoxy) is 1. The summed E-state index contributed by atoms with van der Waals surface area (Å²) in [5, 5.41) is 5.30. The summed E-state index contributed by atoms with van der Waals surface area (Å²) in [6, 6.07) is 12.6. The first kappa shape index (κ1) is 20.7. The molecular weight excluding hydrogens is 394 g/mol. The van der Waals surface area contributed by atoms with Crippen molar-refractivity contribution >= 4 is 27.5 Å². The summed E-state index contributed by atoms with van der Waals surface area (Å²) in [6.07, 6.45) is 1.94. The van der Waals surface area contributed by atoms with Crippen molar-refractivity contribution in [2.24, 2.45) is 0 Å². The monoisotopic (exact) mass is 417 g/mol. The second-order valence-electron chi connectivity index (χ2n) is 6.69. The van der Waals surface area contributed by atoms with E-state index in [4.69, 9.17) is 4.74 Å². The number of carbonyl (C=O) groups is 2. The average molecular weight is 417 g/mol. The van der Waals surface area contributed by atoms with Crippen LogP contribution in [0.5, 0.6) is 5.75 Å². The van der Waals surface area contributed by atoms with Crippen molar-refractivity contribution in [3.63, 3.8) is 0 Å². The molecule has 154 valence electrons. The highest BCUT2D eigenvalue weighted by molar-refractivity contribution is 7.92. The maximum Gasteiger partial charge on any atom is 0.264 e. The van der Waals surface area contributed by atoms with Crippen molar-refractivity contribution in [1.82, 2.24) is 10.6 Å². The molecule has 0 heterocycles. The Balaban J connectivity index is 1.69. The summed E-state index contributed by atoms with van der Waals surface area (Å²) in [7, 11) is -0.935. The third kappa shape index (κ3) is 4.86. The number of anilines is 1. The van der Waals surface area contributed by atoms with Gasteiger partial charge in [-0.25, -0.2) is 8.42 Å². The Labute approximate surface area is 169 Å². The van der Waals surface area contributed by atoms with Crippen LogP contribution in [0.3, 0.4) is 0 Å². The van der Waals surface area contributed by atoms with Crippen molar-refractivity contribution < 1.29 is 22.7 Å². The van der Waals surface area contributed by atoms with Gasteiger partial charge in [0.25, 0.3) is 15.9 Å². The number of para-hydroxylation sites is 2. The minimum atomic E-state index is -3.84. The largest absolute Gasteiger partial charge is 0.495 e. The van der Waals surface area contributed by atoms with E-state index in [-0.39, 0.29) is 29.0 Å². The summed E-state index contributed by atoms with van der Waals surface area (Å²) in [5.74, 6) is -0.254. The van der Waals surface area contributed by atoms with Crippen LogP contribution in [0.1, 0.15) is 23.2 Å². The lowest BCUT2D eigenvalue weighted by atomic mass is 10.2. The highest BCUT2D eigenvalue weighted by Crippen LogP contribution is 2.30. The van der Waals surface area contributed by atoms with E-state index in [0.29, 0.717) is 11.4 Å². The maximum absolute atomic E-state index is 12.9. The summed E-state index contributed by atoms with van der Waals surface area (Å²) in [6.45, 7) is -0.119. The molecule has 0 radical (unpaired) electrons. The number of rotatable bonds is 8. The average Bonchev–Trinajstić information content (AvgIpc) is 3.55. The van der Waals surface area contributed by atoms with Gasteiger partial charge in [0.1, 0.15) is 5.75 Å². The van der Waals surface area contributed by atoms with E-state index in [0.717, 1.165) is 17.1 Å². The van der Waals surface area contributed by atoms with E-state index in [2.05, 4.69) is 10.6 Å². The van der Waals surface area contributed by atoms with E-state index >= 15 is 0 Å². The SMILES string of the molecule is COc1ccccc1N(C)S(=O)(=O)c1ccc(C(=O)NCC(=O)NC2CC2)cc1. The van der Waals surface area contributed by atoms with Crippen LogP contribution in [0.2, 0.25) is 0 Å². The van der Waals surface area contributed by atoms with Crippen LogP contribution in [-0.4, -0.2) is 47.0 Å². The van der Waals surface area contributed by atoms with Crippen molar-refractivity contribution in [3.8, 4) is 5.75 Å². The highest BCUT2D eigenvalue weighted by Gasteiger charge is 2.25. The second-order valence-corrected chi connectivity index (χ2v) is 8.66. The van der Waals surface area contributed by atoms with Crippen LogP contribution in [-0.2, 0) is 14.8 Å². The van der Waals surface area contributed by atoms with Gasteiger partial charge in [0.15, 0.2) is 0 Å². The molecule has 0 spiro atoms. The molecular formula is C20H23N3O5S. The van der Waals surface area contributed by atoms with Crippen LogP contribution in [0.4, 0.5) is 5.69 Å². The van der Waals surface area contributed by atoms with Gasteiger partial charge in [0, 0.05) is 18.7 Å². The molecule has 2 aromatic rings. The molecule has 0 atom stereocenters. The number of sulfonamides is 1. The minimum absolute atomic E-state index is 0.0360. The topological polar surface area (TPSA) is 105 Å². The molecule has 2 aromatic carbocycles. The molecule has 1 saturated carbocycles. The second kappa shape index (κ2) is 8.52. The number of methoxy groups -OCH3 is 1. The lowest BCUT2D eigenvalue weighted by molar-refractivity contribution is -0.120. The molecule has 2 N–H and O–H groups in total. The Hall–Kier alpha value is -3.07. The lowest BCUT2D eigenvalue weighted by Gasteiger charge is -2.21. The first-order chi connectivity index (χ1) is 13.8. The fourth-order valence-electron chi connectivity index (χ4n) is 2.72. The number of hydrogen-bond donors (Lipinski definition) is 2. The fourth-order valence-corrected chi connectivity index (χ4v) is 3.93. The van der Waals surface area contributed by atoms with Crippen molar-refractivity contribution in [1.29, 1.82) is 0 Å². The highest BCUT2D eigenvalue weighted by atomic mass is 32.2. The van der Waals surface area contributed by atoms with Gasteiger partial charge in [-0.05, 0) is 49.2 Å². The number of hydrogen-bond acceptors (Lipinski definition) is 5. The molecule has 9 heteroatoms. The van der Waals surface area contributed by atoms with Gasteiger partial charge in [-0.1, -0.05) is 12.1 Å². The predicted molar refractivity (Wildman–Crippen MR) is 109 cm³/mol. The molecule has 1 aliphatic rings. The smallest absolute Gasteiger partial charge is 0.264 e. The first-order valence-corrected chi connectivity index (χ1v) is 10.6. The third-order valence-electron chi connectivity index (χ3n) is 4.55. The zero-order valence-corrected chi connectivity index (χ0v) is 17.0. The molecule has 0 saturated heterocycles. The molecule has 0 unspecified atom stereocenters.